The Kier molecular flexibility index (Phi) is 4.54. The van der Waals surface area contributed by atoms with Crippen molar-refractivity contribution in [2.45, 2.75) is 12.0 Å². The summed E-state index contributed by atoms with van der Waals surface area (Å²) < 4.78 is 23.8. The van der Waals surface area contributed by atoms with Crippen LogP contribution in [0.1, 0.15) is 33.4 Å². The molecule has 0 aromatic heterocycles. The molecule has 1 aliphatic rings. The van der Waals surface area contributed by atoms with E-state index in [2.05, 4.69) is 0 Å². The van der Waals surface area contributed by atoms with Crippen LogP contribution in [0.15, 0.2) is 36.4 Å². The molecule has 3 rings (SSSR count). The molecule has 0 radical (unpaired) electrons. The van der Waals surface area contributed by atoms with E-state index in [0.717, 1.165) is 0 Å². The second kappa shape index (κ2) is 6.67. The Morgan fingerprint density at radius 2 is 1.69 bits per heavy atom. The highest BCUT2D eigenvalue weighted by Crippen LogP contribution is 2.45. The summed E-state index contributed by atoms with van der Waals surface area (Å²) >= 11 is 0. The molecule has 136 valence electrons. The SMILES string of the molecule is COc1cc2c(cc1OC)[C@H](C(=O)O)[C@@H](c1ccc(F)cc1)N(C)C2=O. The van der Waals surface area contributed by atoms with Crippen LogP contribution in [0.4, 0.5) is 4.39 Å². The monoisotopic (exact) mass is 359 g/mol. The normalized spacial score (nSPS) is 19.1. The Balaban J connectivity index is 2.23. The smallest absolute Gasteiger partial charge is 0.313 e. The molecule has 0 bridgehead atoms. The highest BCUT2D eigenvalue weighted by Gasteiger charge is 2.43. The second-order valence-corrected chi connectivity index (χ2v) is 6.02. The van der Waals surface area contributed by atoms with E-state index in [4.69, 9.17) is 9.47 Å². The number of carbonyl (C=O) groups is 2. The summed E-state index contributed by atoms with van der Waals surface area (Å²) in [6.07, 6.45) is 0. The molecule has 2 aromatic rings. The number of carbonyl (C=O) groups excluding carboxylic acids is 1. The van der Waals surface area contributed by atoms with Crippen LogP contribution in [-0.4, -0.2) is 43.2 Å². The molecule has 6 nitrogen and oxygen atoms in total. The highest BCUT2D eigenvalue weighted by atomic mass is 19.1. The third kappa shape index (κ3) is 2.75. The van der Waals surface area contributed by atoms with Crippen molar-refractivity contribution in [1.29, 1.82) is 0 Å². The number of methoxy groups -OCH3 is 2. The van der Waals surface area contributed by atoms with Gasteiger partial charge in [0.1, 0.15) is 11.7 Å². The Bertz CT molecular complexity index is 865. The van der Waals surface area contributed by atoms with Crippen LogP contribution >= 0.6 is 0 Å². The number of fused-ring (bicyclic) bond motifs is 1. The first-order chi connectivity index (χ1) is 12.4. The molecule has 0 unspecified atom stereocenters. The molecule has 0 saturated heterocycles. The molecule has 0 aliphatic carbocycles. The third-order valence-corrected chi connectivity index (χ3v) is 4.65. The van der Waals surface area contributed by atoms with Gasteiger partial charge >= 0.3 is 5.97 Å². The van der Waals surface area contributed by atoms with Crippen molar-refractivity contribution in [3.05, 3.63) is 58.9 Å². The van der Waals surface area contributed by atoms with Gasteiger partial charge in [0, 0.05) is 12.6 Å². The highest BCUT2D eigenvalue weighted by molar-refractivity contribution is 6.01. The van der Waals surface area contributed by atoms with Gasteiger partial charge in [-0.2, -0.15) is 0 Å². The zero-order valence-corrected chi connectivity index (χ0v) is 14.5. The van der Waals surface area contributed by atoms with Crippen LogP contribution in [0, 0.1) is 5.82 Å². The number of likely N-dealkylation sites (N-methyl/N-ethyl adjacent to an activating group) is 1. The van der Waals surface area contributed by atoms with Crippen LogP contribution in [0.25, 0.3) is 0 Å². The molecule has 0 saturated carbocycles. The van der Waals surface area contributed by atoms with E-state index in [1.807, 2.05) is 0 Å². The quantitative estimate of drug-likeness (QED) is 0.908. The van der Waals surface area contributed by atoms with Gasteiger partial charge in [-0.25, -0.2) is 4.39 Å². The van der Waals surface area contributed by atoms with Gasteiger partial charge in [0.2, 0.25) is 0 Å². The van der Waals surface area contributed by atoms with Crippen LogP contribution in [0.5, 0.6) is 11.5 Å². The van der Waals surface area contributed by atoms with Crippen molar-refractivity contribution >= 4 is 11.9 Å². The molecule has 1 aliphatic heterocycles. The second-order valence-electron chi connectivity index (χ2n) is 6.02. The van der Waals surface area contributed by atoms with Crippen LogP contribution in [-0.2, 0) is 4.79 Å². The lowest BCUT2D eigenvalue weighted by molar-refractivity contribution is -0.140. The maximum absolute atomic E-state index is 13.3. The number of ether oxygens (including phenoxy) is 2. The maximum atomic E-state index is 13.3. The molecule has 1 amide bonds. The molecule has 2 atom stereocenters. The first-order valence-corrected chi connectivity index (χ1v) is 7.90. The van der Waals surface area contributed by atoms with Gasteiger partial charge < -0.3 is 19.5 Å². The van der Waals surface area contributed by atoms with Crippen molar-refractivity contribution in [3.8, 4) is 11.5 Å². The van der Waals surface area contributed by atoms with Gasteiger partial charge in [0.25, 0.3) is 5.91 Å². The minimum atomic E-state index is -1.09. The van der Waals surface area contributed by atoms with Crippen molar-refractivity contribution in [1.82, 2.24) is 4.90 Å². The molecule has 26 heavy (non-hydrogen) atoms. The van der Waals surface area contributed by atoms with E-state index in [0.29, 0.717) is 22.6 Å². The van der Waals surface area contributed by atoms with E-state index >= 15 is 0 Å². The van der Waals surface area contributed by atoms with Crippen LogP contribution < -0.4 is 9.47 Å². The summed E-state index contributed by atoms with van der Waals surface area (Å²) in [4.78, 5) is 26.3. The summed E-state index contributed by atoms with van der Waals surface area (Å²) in [5.41, 5.74) is 1.12. The lowest BCUT2D eigenvalue weighted by Gasteiger charge is -2.38. The summed E-state index contributed by atoms with van der Waals surface area (Å²) in [5, 5.41) is 9.88. The molecule has 0 spiro atoms. The Hall–Kier alpha value is -3.09. The largest absolute Gasteiger partial charge is 0.493 e. The zero-order valence-electron chi connectivity index (χ0n) is 14.5. The third-order valence-electron chi connectivity index (χ3n) is 4.65. The topological polar surface area (TPSA) is 76.1 Å². The van der Waals surface area contributed by atoms with Crippen molar-refractivity contribution < 1.29 is 28.6 Å². The average molecular weight is 359 g/mol. The van der Waals surface area contributed by atoms with Gasteiger partial charge in [-0.1, -0.05) is 12.1 Å². The predicted molar refractivity (Wildman–Crippen MR) is 91.2 cm³/mol. The first-order valence-electron chi connectivity index (χ1n) is 7.90. The zero-order chi connectivity index (χ0) is 19.0. The number of carboxylic acids is 1. The average Bonchev–Trinajstić information content (AvgIpc) is 2.64. The number of rotatable bonds is 4. The fourth-order valence-corrected chi connectivity index (χ4v) is 3.39. The number of amides is 1. The van der Waals surface area contributed by atoms with E-state index in [-0.39, 0.29) is 11.5 Å². The fraction of sp³-hybridized carbons (Fsp3) is 0.263. The van der Waals surface area contributed by atoms with Crippen molar-refractivity contribution in [2.24, 2.45) is 0 Å². The molecular weight excluding hydrogens is 341 g/mol. The lowest BCUT2D eigenvalue weighted by Crippen LogP contribution is -2.42. The van der Waals surface area contributed by atoms with Gasteiger partial charge in [-0.15, -0.1) is 0 Å². The van der Waals surface area contributed by atoms with E-state index in [1.54, 1.807) is 0 Å². The molecular formula is C19H18FNO5. The molecule has 2 aromatic carbocycles. The standard InChI is InChI=1S/C19H18FNO5/c1-21-17(10-4-6-11(20)7-5-10)16(19(23)24)12-8-14(25-2)15(26-3)9-13(12)18(21)22/h4-9,16-17H,1-3H3,(H,23,24)/t16-,17+/m0/s1. The van der Waals surface area contributed by atoms with E-state index in [1.165, 1.54) is 62.6 Å². The van der Waals surface area contributed by atoms with Gasteiger partial charge in [0.15, 0.2) is 11.5 Å². The Morgan fingerprint density at radius 1 is 1.12 bits per heavy atom. The number of benzene rings is 2. The van der Waals surface area contributed by atoms with Gasteiger partial charge in [0.05, 0.1) is 20.3 Å². The van der Waals surface area contributed by atoms with E-state index < -0.39 is 23.7 Å². The molecule has 7 heteroatoms. The van der Waals surface area contributed by atoms with Crippen molar-refractivity contribution in [3.63, 3.8) is 0 Å². The Labute approximate surface area is 149 Å². The van der Waals surface area contributed by atoms with Gasteiger partial charge in [-0.3, -0.25) is 9.59 Å². The van der Waals surface area contributed by atoms with Gasteiger partial charge in [-0.05, 0) is 35.4 Å². The number of hydrogen-bond donors (Lipinski definition) is 1. The summed E-state index contributed by atoms with van der Waals surface area (Å²) in [5.74, 6) is -2.21. The maximum Gasteiger partial charge on any atom is 0.313 e. The predicted octanol–water partition coefficient (Wildman–Crippen LogP) is 2.84. The molecule has 0 fully saturated rings. The number of aliphatic carboxylic acids is 1. The number of carboxylic acid groups (broad SMARTS) is 1. The number of halogens is 1. The van der Waals surface area contributed by atoms with Crippen LogP contribution in [0.3, 0.4) is 0 Å². The fourth-order valence-electron chi connectivity index (χ4n) is 3.39. The van der Waals surface area contributed by atoms with Crippen molar-refractivity contribution in [2.75, 3.05) is 21.3 Å². The van der Waals surface area contributed by atoms with E-state index in [9.17, 15) is 19.1 Å². The Morgan fingerprint density at radius 3 is 2.23 bits per heavy atom. The number of hydrogen-bond acceptors (Lipinski definition) is 4. The summed E-state index contributed by atoms with van der Waals surface area (Å²) in [6.45, 7) is 0. The molecule has 1 heterocycles. The summed E-state index contributed by atoms with van der Waals surface area (Å²) in [6, 6.07) is 7.72. The molecule has 1 N–H and O–H groups in total. The number of nitrogens with zero attached hydrogens (tertiary/aromatic N) is 1. The minimum absolute atomic E-state index is 0.246. The summed E-state index contributed by atoms with van der Waals surface area (Å²) in [7, 11) is 4.41. The lowest BCUT2D eigenvalue weighted by atomic mass is 9.80. The minimum Gasteiger partial charge on any atom is -0.493 e. The first kappa shape index (κ1) is 17.7. The van der Waals surface area contributed by atoms with Crippen LogP contribution in [0.2, 0.25) is 0 Å².